The predicted octanol–water partition coefficient (Wildman–Crippen LogP) is -0.0477. The second-order valence-electron chi connectivity index (χ2n) is 3.55. The monoisotopic (exact) mass is 197 g/mol. The standard InChI is InChI=1S/C8H15N5O/c1-7-9-8(14-11-7)10-13-5-3-12(2)4-6-13/h3-6H2,1-2H3,(H,9,10,11). The highest BCUT2D eigenvalue weighted by atomic mass is 16.5. The van der Waals surface area contributed by atoms with Crippen LogP contribution in [0, 0.1) is 6.92 Å². The third-order valence-electron chi connectivity index (χ3n) is 2.28. The number of hydrogen-bond acceptors (Lipinski definition) is 6. The van der Waals surface area contributed by atoms with Crippen LogP contribution in [0.15, 0.2) is 4.52 Å². The van der Waals surface area contributed by atoms with E-state index in [4.69, 9.17) is 4.52 Å². The molecule has 0 amide bonds. The van der Waals surface area contributed by atoms with Crippen LogP contribution in [0.25, 0.3) is 0 Å². The molecule has 6 heteroatoms. The maximum atomic E-state index is 4.97. The molecular formula is C8H15N5O. The highest BCUT2D eigenvalue weighted by molar-refractivity contribution is 5.15. The van der Waals surface area contributed by atoms with Crippen molar-refractivity contribution in [2.75, 3.05) is 38.7 Å². The van der Waals surface area contributed by atoms with Crippen LogP contribution in [-0.4, -0.2) is 53.3 Å². The van der Waals surface area contributed by atoms with Crippen LogP contribution < -0.4 is 5.43 Å². The van der Waals surface area contributed by atoms with Crippen LogP contribution in [0.2, 0.25) is 0 Å². The van der Waals surface area contributed by atoms with Crippen LogP contribution in [0.4, 0.5) is 6.01 Å². The molecule has 0 saturated carbocycles. The van der Waals surface area contributed by atoms with Gasteiger partial charge in [-0.15, -0.1) is 0 Å². The van der Waals surface area contributed by atoms with E-state index in [2.05, 4.69) is 32.5 Å². The molecule has 0 aliphatic carbocycles. The fraction of sp³-hybridized carbons (Fsp3) is 0.750. The Kier molecular flexibility index (Phi) is 2.64. The van der Waals surface area contributed by atoms with Gasteiger partial charge in [0.2, 0.25) is 0 Å². The second-order valence-corrected chi connectivity index (χ2v) is 3.55. The largest absolute Gasteiger partial charge is 0.335 e. The summed E-state index contributed by atoms with van der Waals surface area (Å²) in [6.07, 6.45) is 0. The lowest BCUT2D eigenvalue weighted by molar-refractivity contribution is 0.174. The Bertz CT molecular complexity index is 292. The van der Waals surface area contributed by atoms with Crippen LogP contribution >= 0.6 is 0 Å². The van der Waals surface area contributed by atoms with E-state index < -0.39 is 0 Å². The van der Waals surface area contributed by atoms with E-state index in [9.17, 15) is 0 Å². The lowest BCUT2D eigenvalue weighted by Crippen LogP contribution is -2.47. The van der Waals surface area contributed by atoms with Gasteiger partial charge in [-0.05, 0) is 14.0 Å². The molecule has 1 aromatic rings. The minimum atomic E-state index is 0.479. The quantitative estimate of drug-likeness (QED) is 0.717. The molecule has 2 rings (SSSR count). The number of piperazine rings is 1. The van der Waals surface area contributed by atoms with E-state index >= 15 is 0 Å². The third-order valence-corrected chi connectivity index (χ3v) is 2.28. The van der Waals surface area contributed by atoms with Gasteiger partial charge in [0.1, 0.15) is 0 Å². The van der Waals surface area contributed by atoms with Gasteiger partial charge in [0.15, 0.2) is 5.82 Å². The number of nitrogens with zero attached hydrogens (tertiary/aromatic N) is 4. The van der Waals surface area contributed by atoms with Crippen LogP contribution in [-0.2, 0) is 0 Å². The average molecular weight is 197 g/mol. The van der Waals surface area contributed by atoms with Gasteiger partial charge in [-0.25, -0.2) is 5.01 Å². The summed E-state index contributed by atoms with van der Waals surface area (Å²) >= 11 is 0. The number of aryl methyl sites for hydroxylation is 1. The zero-order valence-electron chi connectivity index (χ0n) is 8.53. The van der Waals surface area contributed by atoms with Crippen molar-refractivity contribution in [3.05, 3.63) is 5.82 Å². The molecule has 14 heavy (non-hydrogen) atoms. The number of hydrazine groups is 1. The molecule has 0 radical (unpaired) electrons. The van der Waals surface area contributed by atoms with E-state index in [1.807, 2.05) is 0 Å². The van der Waals surface area contributed by atoms with Crippen molar-refractivity contribution >= 4 is 6.01 Å². The van der Waals surface area contributed by atoms with Gasteiger partial charge >= 0.3 is 6.01 Å². The predicted molar refractivity (Wildman–Crippen MR) is 51.7 cm³/mol. The second kappa shape index (κ2) is 3.93. The summed E-state index contributed by atoms with van der Waals surface area (Å²) in [6.45, 7) is 5.86. The smallest absolute Gasteiger partial charge is 0.314 e. The van der Waals surface area contributed by atoms with Crippen molar-refractivity contribution in [1.29, 1.82) is 0 Å². The Morgan fingerprint density at radius 1 is 1.29 bits per heavy atom. The van der Waals surface area contributed by atoms with Crippen molar-refractivity contribution in [2.45, 2.75) is 6.92 Å². The Hall–Kier alpha value is -1.14. The van der Waals surface area contributed by atoms with Crippen LogP contribution in [0.1, 0.15) is 5.82 Å². The third kappa shape index (κ3) is 2.21. The highest BCUT2D eigenvalue weighted by Gasteiger charge is 2.15. The Balaban J connectivity index is 1.86. The summed E-state index contributed by atoms with van der Waals surface area (Å²) < 4.78 is 4.97. The molecule has 0 bridgehead atoms. The molecule has 78 valence electrons. The van der Waals surface area contributed by atoms with Crippen molar-refractivity contribution in [3.8, 4) is 0 Å². The number of likely N-dealkylation sites (N-methyl/N-ethyl adjacent to an activating group) is 1. The van der Waals surface area contributed by atoms with E-state index in [1.165, 1.54) is 0 Å². The normalized spacial score (nSPS) is 19.9. The van der Waals surface area contributed by atoms with Crippen LogP contribution in [0.5, 0.6) is 0 Å². The van der Waals surface area contributed by atoms with Gasteiger partial charge in [-0.3, -0.25) is 5.43 Å². The molecule has 6 nitrogen and oxygen atoms in total. The molecular weight excluding hydrogens is 182 g/mol. The van der Waals surface area contributed by atoms with E-state index in [0.29, 0.717) is 11.8 Å². The Morgan fingerprint density at radius 2 is 2.00 bits per heavy atom. The number of hydrogen-bond donors (Lipinski definition) is 1. The first-order chi connectivity index (χ1) is 6.74. The van der Waals surface area contributed by atoms with Gasteiger partial charge in [-0.2, -0.15) is 4.98 Å². The SMILES string of the molecule is Cc1noc(NN2CCN(C)CC2)n1. The van der Waals surface area contributed by atoms with Crippen molar-refractivity contribution in [1.82, 2.24) is 20.0 Å². The van der Waals surface area contributed by atoms with E-state index in [1.54, 1.807) is 6.92 Å². The molecule has 0 atom stereocenters. The lowest BCUT2D eigenvalue weighted by atomic mass is 10.4. The molecule has 0 spiro atoms. The zero-order chi connectivity index (χ0) is 9.97. The summed E-state index contributed by atoms with van der Waals surface area (Å²) in [5.74, 6) is 0.654. The topological polar surface area (TPSA) is 57.4 Å². The molecule has 1 saturated heterocycles. The maximum absolute atomic E-state index is 4.97. The summed E-state index contributed by atoms with van der Waals surface area (Å²) in [6, 6.07) is 0.479. The van der Waals surface area contributed by atoms with Gasteiger partial charge in [-0.1, -0.05) is 5.16 Å². The van der Waals surface area contributed by atoms with Gasteiger partial charge in [0.25, 0.3) is 0 Å². The fourth-order valence-corrected chi connectivity index (χ4v) is 1.40. The molecule has 1 aromatic heterocycles. The van der Waals surface area contributed by atoms with Gasteiger partial charge in [0, 0.05) is 26.2 Å². The minimum Gasteiger partial charge on any atom is -0.314 e. The van der Waals surface area contributed by atoms with Crippen LogP contribution in [0.3, 0.4) is 0 Å². The summed E-state index contributed by atoms with van der Waals surface area (Å²) in [5, 5.41) is 5.80. The summed E-state index contributed by atoms with van der Waals surface area (Å²) in [7, 11) is 2.12. The number of anilines is 1. The van der Waals surface area contributed by atoms with Gasteiger partial charge in [0.05, 0.1) is 0 Å². The average Bonchev–Trinajstić information content (AvgIpc) is 2.56. The zero-order valence-corrected chi connectivity index (χ0v) is 8.53. The molecule has 0 aromatic carbocycles. The van der Waals surface area contributed by atoms with E-state index in [-0.39, 0.29) is 0 Å². The molecule has 1 aliphatic heterocycles. The molecule has 1 fully saturated rings. The molecule has 2 heterocycles. The number of nitrogens with one attached hydrogen (secondary N) is 1. The Morgan fingerprint density at radius 3 is 2.57 bits per heavy atom. The van der Waals surface area contributed by atoms with Gasteiger partial charge < -0.3 is 9.42 Å². The molecule has 1 N–H and O–H groups in total. The minimum absolute atomic E-state index is 0.479. The molecule has 0 unspecified atom stereocenters. The Labute approximate surface area is 82.8 Å². The van der Waals surface area contributed by atoms with Crippen molar-refractivity contribution in [2.24, 2.45) is 0 Å². The molecule has 1 aliphatic rings. The lowest BCUT2D eigenvalue weighted by Gasteiger charge is -2.31. The van der Waals surface area contributed by atoms with Crippen molar-refractivity contribution in [3.63, 3.8) is 0 Å². The number of rotatable bonds is 2. The fourth-order valence-electron chi connectivity index (χ4n) is 1.40. The van der Waals surface area contributed by atoms with E-state index in [0.717, 1.165) is 26.2 Å². The first kappa shape index (κ1) is 9.42. The first-order valence-electron chi connectivity index (χ1n) is 4.74. The maximum Gasteiger partial charge on any atom is 0.335 e. The first-order valence-corrected chi connectivity index (χ1v) is 4.74. The highest BCUT2D eigenvalue weighted by Crippen LogP contribution is 2.05. The number of aromatic nitrogens is 2. The summed E-state index contributed by atoms with van der Waals surface area (Å²) in [4.78, 5) is 6.37. The summed E-state index contributed by atoms with van der Waals surface area (Å²) in [5.41, 5.74) is 3.09. The van der Waals surface area contributed by atoms with Crippen molar-refractivity contribution < 1.29 is 4.52 Å².